The number of oxazole rings is 1. The van der Waals surface area contributed by atoms with Crippen molar-refractivity contribution in [3.63, 3.8) is 0 Å². The summed E-state index contributed by atoms with van der Waals surface area (Å²) in [7, 11) is 0. The number of aromatic amines is 2. The van der Waals surface area contributed by atoms with E-state index in [-0.39, 0.29) is 5.82 Å². The average Bonchev–Trinajstić information content (AvgIpc) is 2.74. The highest BCUT2D eigenvalue weighted by atomic mass is 19.1. The molecule has 1 aromatic carbocycles. The molecule has 0 bridgehead atoms. The summed E-state index contributed by atoms with van der Waals surface area (Å²) in [5, 5.41) is 0. The van der Waals surface area contributed by atoms with Gasteiger partial charge in [0.2, 0.25) is 5.58 Å². The van der Waals surface area contributed by atoms with Gasteiger partial charge in [0.05, 0.1) is 6.20 Å². The number of pyridine rings is 1. The van der Waals surface area contributed by atoms with Crippen molar-refractivity contribution in [3.8, 4) is 0 Å². The van der Waals surface area contributed by atoms with Gasteiger partial charge in [0, 0.05) is 11.6 Å². The normalized spacial score (nSPS) is 14.5. The fourth-order valence-electron chi connectivity index (χ4n) is 2.99. The van der Waals surface area contributed by atoms with E-state index in [1.54, 1.807) is 6.07 Å². The molecule has 0 saturated carbocycles. The maximum Gasteiger partial charge on any atom is 0.510 e. The fraction of sp³-hybridized carbons (Fsp3) is 0.176. The molecule has 1 aliphatic rings. The Hall–Kier alpha value is -2.69. The van der Waals surface area contributed by atoms with Gasteiger partial charge >= 0.3 is 11.4 Å². The quantitative estimate of drug-likeness (QED) is 0.751. The minimum atomic E-state index is -0.485. The summed E-state index contributed by atoms with van der Waals surface area (Å²) in [6.07, 6.45) is 6.77. The van der Waals surface area contributed by atoms with E-state index in [0.717, 1.165) is 41.5 Å². The van der Waals surface area contributed by atoms with Crippen LogP contribution in [0.5, 0.6) is 0 Å². The van der Waals surface area contributed by atoms with Crippen LogP contribution in [-0.4, -0.2) is 4.98 Å². The Bertz CT molecular complexity index is 953. The van der Waals surface area contributed by atoms with Crippen LogP contribution < -0.4 is 10.7 Å². The molecule has 4 nitrogen and oxygen atoms in total. The van der Waals surface area contributed by atoms with Gasteiger partial charge in [-0.05, 0) is 48.1 Å². The maximum atomic E-state index is 13.5. The summed E-state index contributed by atoms with van der Waals surface area (Å²) in [5.74, 6) is -0.695. The van der Waals surface area contributed by atoms with Gasteiger partial charge in [-0.1, -0.05) is 12.1 Å². The van der Waals surface area contributed by atoms with Gasteiger partial charge in [-0.2, -0.15) is 9.78 Å². The van der Waals surface area contributed by atoms with Crippen LogP contribution in [0, 0.1) is 5.82 Å². The third-order valence-corrected chi connectivity index (χ3v) is 4.00. The van der Waals surface area contributed by atoms with Crippen molar-refractivity contribution >= 4 is 16.8 Å². The molecule has 0 amide bonds. The second-order valence-electron chi connectivity index (χ2n) is 5.45. The van der Waals surface area contributed by atoms with Crippen molar-refractivity contribution in [2.45, 2.75) is 19.3 Å². The zero-order chi connectivity index (χ0) is 15.1. The van der Waals surface area contributed by atoms with E-state index in [4.69, 9.17) is 4.42 Å². The minimum Gasteiger partial charge on any atom is -0.383 e. The van der Waals surface area contributed by atoms with Crippen LogP contribution in [0.1, 0.15) is 29.5 Å². The van der Waals surface area contributed by atoms with E-state index >= 15 is 0 Å². The van der Waals surface area contributed by atoms with Crippen molar-refractivity contribution in [1.82, 2.24) is 4.98 Å². The van der Waals surface area contributed by atoms with E-state index in [9.17, 15) is 9.18 Å². The first-order valence-corrected chi connectivity index (χ1v) is 7.24. The van der Waals surface area contributed by atoms with Crippen LogP contribution in [0.15, 0.2) is 45.8 Å². The first kappa shape index (κ1) is 13.0. The number of nitrogens with one attached hydrogen (secondary N) is 2. The number of allylic oxidation sites excluding steroid dienone is 1. The second kappa shape index (κ2) is 4.94. The number of benzene rings is 1. The number of hydrogen-bond donors (Lipinski definition) is 1. The van der Waals surface area contributed by atoms with Gasteiger partial charge in [-0.15, -0.1) is 0 Å². The molecule has 110 valence electrons. The van der Waals surface area contributed by atoms with Gasteiger partial charge in [-0.3, -0.25) is 0 Å². The van der Waals surface area contributed by atoms with Gasteiger partial charge in [-0.25, -0.2) is 9.37 Å². The molecule has 2 heterocycles. The number of fused-ring (bicyclic) bond motifs is 2. The topological polar surface area (TPSA) is 60.1 Å². The summed E-state index contributed by atoms with van der Waals surface area (Å²) in [5.41, 5.74) is 5.04. The highest BCUT2D eigenvalue weighted by molar-refractivity contribution is 5.83. The summed E-state index contributed by atoms with van der Waals surface area (Å²) in [6, 6.07) is 6.73. The molecular formula is C17H14FN2O2+. The van der Waals surface area contributed by atoms with E-state index in [0.29, 0.717) is 11.2 Å². The number of halogens is 1. The van der Waals surface area contributed by atoms with Gasteiger partial charge in [0.25, 0.3) is 0 Å². The highest BCUT2D eigenvalue weighted by Crippen LogP contribution is 2.31. The molecule has 0 unspecified atom stereocenters. The molecule has 2 N–H and O–H groups in total. The van der Waals surface area contributed by atoms with Gasteiger partial charge < -0.3 is 4.42 Å². The summed E-state index contributed by atoms with van der Waals surface area (Å²) in [6.45, 7) is 0. The number of H-pyrrole nitrogens is 2. The Kier molecular flexibility index (Phi) is 2.92. The Morgan fingerprint density at radius 3 is 3.09 bits per heavy atom. The lowest BCUT2D eigenvalue weighted by molar-refractivity contribution is -0.347. The Morgan fingerprint density at radius 1 is 1.27 bits per heavy atom. The molecule has 2 aromatic heterocycles. The lowest BCUT2D eigenvalue weighted by Gasteiger charge is -2.10. The standard InChI is InChI=1S/C17H13FN2O2/c18-12-5-6-14-10(7-12)3-1-2-4-13(14)11-8-15-16(19-9-11)20-17(21)22-15/h4-9H,1-3H2,(H,19,20,21)/p+1. The average molecular weight is 297 g/mol. The van der Waals surface area contributed by atoms with Crippen LogP contribution in [0.4, 0.5) is 4.39 Å². The maximum absolute atomic E-state index is 13.5. The van der Waals surface area contributed by atoms with E-state index < -0.39 is 5.76 Å². The van der Waals surface area contributed by atoms with Crippen molar-refractivity contribution in [2.24, 2.45) is 0 Å². The molecule has 0 fully saturated rings. The Morgan fingerprint density at radius 2 is 2.18 bits per heavy atom. The van der Waals surface area contributed by atoms with Crippen molar-refractivity contribution in [2.75, 3.05) is 0 Å². The van der Waals surface area contributed by atoms with Crippen LogP contribution >= 0.6 is 0 Å². The van der Waals surface area contributed by atoms with Crippen molar-refractivity contribution in [3.05, 3.63) is 69.6 Å². The third-order valence-electron chi connectivity index (χ3n) is 4.00. The molecule has 4 rings (SSSR count). The van der Waals surface area contributed by atoms with E-state index in [2.05, 4.69) is 16.0 Å². The first-order chi connectivity index (χ1) is 10.7. The monoisotopic (exact) mass is 297 g/mol. The molecule has 0 atom stereocenters. The van der Waals surface area contributed by atoms with Gasteiger partial charge in [0.15, 0.2) is 0 Å². The summed E-state index contributed by atoms with van der Waals surface area (Å²) >= 11 is 0. The van der Waals surface area contributed by atoms with Crippen molar-refractivity contribution in [1.29, 1.82) is 0 Å². The largest absolute Gasteiger partial charge is 0.510 e. The minimum absolute atomic E-state index is 0.210. The third kappa shape index (κ3) is 2.15. The second-order valence-corrected chi connectivity index (χ2v) is 5.45. The molecule has 0 aliphatic heterocycles. The molecule has 0 radical (unpaired) electrons. The number of hydrogen-bond acceptors (Lipinski definition) is 2. The van der Waals surface area contributed by atoms with Gasteiger partial charge in [0.1, 0.15) is 5.82 Å². The fourth-order valence-corrected chi connectivity index (χ4v) is 2.99. The molecule has 0 saturated heterocycles. The van der Waals surface area contributed by atoms with Crippen LogP contribution in [0.2, 0.25) is 0 Å². The lowest BCUT2D eigenvalue weighted by Crippen LogP contribution is -2.06. The lowest BCUT2D eigenvalue weighted by atomic mass is 9.94. The Labute approximate surface area is 125 Å². The van der Waals surface area contributed by atoms with E-state index in [1.807, 2.05) is 18.3 Å². The SMILES string of the molecule is O=c1[nH]c2[nH+]cc(C3=CCCCc4cc(F)ccc43)cc2o1. The highest BCUT2D eigenvalue weighted by Gasteiger charge is 2.17. The molecule has 3 aromatic rings. The number of aryl methyl sites for hydroxylation is 1. The summed E-state index contributed by atoms with van der Waals surface area (Å²) in [4.78, 5) is 16.9. The zero-order valence-electron chi connectivity index (χ0n) is 11.8. The van der Waals surface area contributed by atoms with Crippen LogP contribution in [0.25, 0.3) is 16.8 Å². The molecule has 1 aliphatic carbocycles. The van der Waals surface area contributed by atoms with Crippen LogP contribution in [-0.2, 0) is 6.42 Å². The number of aromatic nitrogens is 2. The van der Waals surface area contributed by atoms with Crippen LogP contribution in [0.3, 0.4) is 0 Å². The summed E-state index contributed by atoms with van der Waals surface area (Å²) < 4.78 is 18.6. The molecule has 0 spiro atoms. The smallest absolute Gasteiger partial charge is 0.383 e. The molecule has 22 heavy (non-hydrogen) atoms. The van der Waals surface area contributed by atoms with E-state index in [1.165, 1.54) is 6.07 Å². The van der Waals surface area contributed by atoms with Crippen molar-refractivity contribution < 1.29 is 13.8 Å². The number of rotatable bonds is 1. The molecule has 5 heteroatoms. The zero-order valence-corrected chi connectivity index (χ0v) is 11.8. The first-order valence-electron chi connectivity index (χ1n) is 7.24. The molecular weight excluding hydrogens is 283 g/mol. The predicted octanol–water partition coefficient (Wildman–Crippen LogP) is 2.84. The Balaban J connectivity index is 1.90. The predicted molar refractivity (Wildman–Crippen MR) is 79.8 cm³/mol.